The fourth-order valence-electron chi connectivity index (χ4n) is 6.41. The maximum absolute atomic E-state index is 15.9. The van der Waals surface area contributed by atoms with E-state index in [4.69, 9.17) is 13.9 Å². The molecule has 10 heteroatoms. The lowest BCUT2D eigenvalue weighted by molar-refractivity contribution is -0.201. The average Bonchev–Trinajstić information content (AvgIpc) is 3.33. The first-order chi connectivity index (χ1) is 18.3. The van der Waals surface area contributed by atoms with Crippen LogP contribution in [0.3, 0.4) is 0 Å². The van der Waals surface area contributed by atoms with Crippen LogP contribution in [-0.4, -0.2) is 46.1 Å². The molecule has 0 radical (unpaired) electrons. The van der Waals surface area contributed by atoms with E-state index in [1.54, 1.807) is 12.1 Å². The maximum atomic E-state index is 15.9. The van der Waals surface area contributed by atoms with E-state index in [0.717, 1.165) is 0 Å². The maximum Gasteiger partial charge on any atom is 0.221 e. The molecule has 3 aliphatic rings. The molecule has 6 nitrogen and oxygen atoms in total. The number of rotatable bonds is 6. The second-order valence-corrected chi connectivity index (χ2v) is 18.7. The van der Waals surface area contributed by atoms with Gasteiger partial charge in [-0.05, 0) is 69.9 Å². The lowest BCUT2D eigenvalue weighted by atomic mass is 9.76. The molecule has 3 fully saturated rings. The second-order valence-electron chi connectivity index (χ2n) is 12.2. The van der Waals surface area contributed by atoms with Gasteiger partial charge in [0.2, 0.25) is 10.0 Å². The van der Waals surface area contributed by atoms with E-state index in [1.807, 2.05) is 44.8 Å². The number of hydrogen-bond donors (Lipinski definition) is 0. The van der Waals surface area contributed by atoms with Crippen molar-refractivity contribution in [3.05, 3.63) is 70.8 Å². The number of hydrogen-bond acceptors (Lipinski definition) is 5. The molecular formula is C29H39F2NO5SSi. The summed E-state index contributed by atoms with van der Waals surface area (Å²) in [4.78, 5) is 0. The molecule has 0 amide bonds. The highest BCUT2D eigenvalue weighted by Crippen LogP contribution is 2.49. The zero-order valence-electron chi connectivity index (χ0n) is 23.2. The summed E-state index contributed by atoms with van der Waals surface area (Å²) in [5, 5.41) is -0.704. The van der Waals surface area contributed by atoms with Gasteiger partial charge in [0, 0.05) is 36.6 Å². The van der Waals surface area contributed by atoms with E-state index in [0.29, 0.717) is 57.3 Å². The van der Waals surface area contributed by atoms with Crippen molar-refractivity contribution in [2.24, 2.45) is 0 Å². The molecule has 1 aliphatic carbocycles. The van der Waals surface area contributed by atoms with Crippen LogP contribution in [0.2, 0.25) is 19.6 Å². The summed E-state index contributed by atoms with van der Waals surface area (Å²) in [6.45, 7) is 8.78. The molecule has 2 aromatic rings. The van der Waals surface area contributed by atoms with E-state index in [9.17, 15) is 8.42 Å². The summed E-state index contributed by atoms with van der Waals surface area (Å²) < 4.78 is 78.6. The largest absolute Gasteiger partial charge is 0.408 e. The fourth-order valence-corrected chi connectivity index (χ4v) is 10.1. The normalized spacial score (nSPS) is 26.6. The van der Waals surface area contributed by atoms with Gasteiger partial charge in [-0.2, -0.15) is 4.31 Å². The van der Waals surface area contributed by atoms with Crippen molar-refractivity contribution >= 4 is 18.3 Å². The average molecular weight is 580 g/mol. The molecule has 0 N–H and O–H groups in total. The van der Waals surface area contributed by atoms with Crippen molar-refractivity contribution in [3.8, 4) is 0 Å². The molecule has 39 heavy (non-hydrogen) atoms. The van der Waals surface area contributed by atoms with Gasteiger partial charge < -0.3 is 13.9 Å². The number of sulfonamides is 1. The van der Waals surface area contributed by atoms with Gasteiger partial charge in [-0.15, -0.1) is 0 Å². The number of ether oxygens (including phenoxy) is 2. The first kappa shape index (κ1) is 28.8. The Bertz CT molecular complexity index is 1280. The van der Waals surface area contributed by atoms with Crippen molar-refractivity contribution in [1.82, 2.24) is 4.31 Å². The highest BCUT2D eigenvalue weighted by molar-refractivity contribution is 7.89. The monoisotopic (exact) mass is 579 g/mol. The third-order valence-corrected chi connectivity index (χ3v) is 11.7. The summed E-state index contributed by atoms with van der Waals surface area (Å²) in [5.74, 6) is -1.87. The minimum Gasteiger partial charge on any atom is -0.408 e. The summed E-state index contributed by atoms with van der Waals surface area (Å²) in [5.41, 5.74) is -0.0571. The van der Waals surface area contributed by atoms with Gasteiger partial charge in [0.05, 0.1) is 18.8 Å². The molecule has 2 aliphatic heterocycles. The van der Waals surface area contributed by atoms with Crippen LogP contribution in [0.25, 0.3) is 0 Å². The topological polar surface area (TPSA) is 65.1 Å². The van der Waals surface area contributed by atoms with Crippen LogP contribution in [-0.2, 0) is 36.1 Å². The minimum absolute atomic E-state index is 0.0262. The van der Waals surface area contributed by atoms with Gasteiger partial charge in [-0.25, -0.2) is 17.2 Å². The van der Waals surface area contributed by atoms with Crippen LogP contribution in [0.4, 0.5) is 8.78 Å². The van der Waals surface area contributed by atoms with Crippen LogP contribution < -0.4 is 0 Å². The Morgan fingerprint density at radius 3 is 2.23 bits per heavy atom. The van der Waals surface area contributed by atoms with E-state index in [1.165, 1.54) is 16.4 Å². The molecule has 1 unspecified atom stereocenters. The standard InChI is InChI=1S/C29H39F2NO5SSi/c1-21-10-11-27(22-8-6-5-7-9-22)38(33,34)32(21)20-23-18-26(31)24(19-25(23)30)28(37-39(2,3)4)12-14-29(15-13-28)35-16-17-36-29/h5-9,18-19,21,27H,10-17,20H2,1-4H3/t21-,27?/m0/s1. The molecule has 1 saturated carbocycles. The molecule has 0 aromatic heterocycles. The first-order valence-corrected chi connectivity index (χ1v) is 18.8. The van der Waals surface area contributed by atoms with Crippen LogP contribution in [0, 0.1) is 11.6 Å². The summed E-state index contributed by atoms with van der Waals surface area (Å²) in [6, 6.07) is 11.2. The zero-order valence-corrected chi connectivity index (χ0v) is 25.0. The quantitative estimate of drug-likeness (QED) is 0.372. The predicted octanol–water partition coefficient (Wildman–Crippen LogP) is 6.38. The van der Waals surface area contributed by atoms with Crippen LogP contribution >= 0.6 is 0 Å². The van der Waals surface area contributed by atoms with E-state index < -0.39 is 46.6 Å². The van der Waals surface area contributed by atoms with Crippen molar-refractivity contribution in [2.75, 3.05) is 13.2 Å². The van der Waals surface area contributed by atoms with Gasteiger partial charge >= 0.3 is 0 Å². The second kappa shape index (κ2) is 10.6. The Labute approximate surface area is 231 Å². The third kappa shape index (κ3) is 5.74. The molecule has 2 aromatic carbocycles. The molecule has 2 saturated heterocycles. The SMILES string of the molecule is C[C@H]1CCC(c2ccccc2)S(=O)(=O)N1Cc1cc(F)c(C2(O[Si](C)(C)C)CCC3(CC2)OCCO3)cc1F. The highest BCUT2D eigenvalue weighted by Gasteiger charge is 2.50. The van der Waals surface area contributed by atoms with Gasteiger partial charge in [0.25, 0.3) is 0 Å². The number of nitrogens with zero attached hydrogens (tertiary/aromatic N) is 1. The molecule has 2 heterocycles. The lowest BCUT2D eigenvalue weighted by Crippen LogP contribution is -2.48. The minimum atomic E-state index is -3.78. The fraction of sp³-hybridized carbons (Fsp3) is 0.586. The van der Waals surface area contributed by atoms with E-state index in [2.05, 4.69) is 0 Å². The number of halogens is 2. The smallest absolute Gasteiger partial charge is 0.221 e. The van der Waals surface area contributed by atoms with Crippen molar-refractivity contribution in [3.63, 3.8) is 0 Å². The molecular weight excluding hydrogens is 540 g/mol. The Morgan fingerprint density at radius 2 is 1.62 bits per heavy atom. The summed E-state index contributed by atoms with van der Waals surface area (Å²) >= 11 is 0. The molecule has 5 rings (SSSR count). The Kier molecular flexibility index (Phi) is 7.84. The van der Waals surface area contributed by atoms with Gasteiger partial charge in [0.1, 0.15) is 16.9 Å². The summed E-state index contributed by atoms with van der Waals surface area (Å²) in [7, 11) is -5.94. The lowest BCUT2D eigenvalue weighted by Gasteiger charge is -2.47. The Hall–Kier alpha value is -1.69. The van der Waals surface area contributed by atoms with Gasteiger partial charge in [-0.1, -0.05) is 30.3 Å². The van der Waals surface area contributed by atoms with Crippen molar-refractivity contribution in [1.29, 1.82) is 0 Å². The third-order valence-electron chi connectivity index (χ3n) is 8.28. The Balaban J connectivity index is 1.45. The molecule has 214 valence electrons. The van der Waals surface area contributed by atoms with Gasteiger partial charge in [-0.3, -0.25) is 0 Å². The van der Waals surface area contributed by atoms with Crippen LogP contribution in [0.15, 0.2) is 42.5 Å². The van der Waals surface area contributed by atoms with Crippen molar-refractivity contribution in [2.45, 2.75) is 94.3 Å². The zero-order chi connectivity index (χ0) is 28.1. The highest BCUT2D eigenvalue weighted by atomic mass is 32.2. The predicted molar refractivity (Wildman–Crippen MR) is 148 cm³/mol. The van der Waals surface area contributed by atoms with Crippen molar-refractivity contribution < 1.29 is 31.1 Å². The first-order valence-electron chi connectivity index (χ1n) is 13.9. The summed E-state index contributed by atoms with van der Waals surface area (Å²) in [6.07, 6.45) is 3.09. The number of benzene rings is 2. The molecule has 2 atom stereocenters. The Morgan fingerprint density at radius 1 is 0.974 bits per heavy atom. The van der Waals surface area contributed by atoms with Gasteiger partial charge in [0.15, 0.2) is 14.1 Å². The van der Waals surface area contributed by atoms with E-state index in [-0.39, 0.29) is 23.7 Å². The van der Waals surface area contributed by atoms with Crippen LogP contribution in [0.5, 0.6) is 0 Å². The molecule has 1 spiro atoms. The molecule has 0 bridgehead atoms. The van der Waals surface area contributed by atoms with Crippen LogP contribution in [0.1, 0.15) is 67.4 Å². The van der Waals surface area contributed by atoms with E-state index >= 15 is 8.78 Å².